The summed E-state index contributed by atoms with van der Waals surface area (Å²) in [7, 11) is 0. The van der Waals surface area contributed by atoms with E-state index in [-0.39, 0.29) is 12.1 Å². The number of benzene rings is 1. The fraction of sp³-hybridized carbons (Fsp3) is 0.278. The number of fused-ring (bicyclic) bond motifs is 1. The van der Waals surface area contributed by atoms with Gasteiger partial charge >= 0.3 is 6.03 Å². The van der Waals surface area contributed by atoms with Crippen LogP contribution in [0.4, 0.5) is 4.79 Å². The summed E-state index contributed by atoms with van der Waals surface area (Å²) >= 11 is 0. The largest absolute Gasteiger partial charge is 0.334 e. The second kappa shape index (κ2) is 6.31. The Morgan fingerprint density at radius 3 is 2.83 bits per heavy atom. The molecule has 1 aliphatic heterocycles. The highest BCUT2D eigenvalue weighted by Gasteiger charge is 2.33. The summed E-state index contributed by atoms with van der Waals surface area (Å²) in [5.41, 5.74) is 1.90. The van der Waals surface area contributed by atoms with Crippen LogP contribution >= 0.6 is 0 Å². The van der Waals surface area contributed by atoms with Crippen LogP contribution in [0.15, 0.2) is 54.7 Å². The number of hydrogen-bond donors (Lipinski definition) is 1. The molecule has 122 valence electrons. The summed E-state index contributed by atoms with van der Waals surface area (Å²) in [4.78, 5) is 14.5. The highest BCUT2D eigenvalue weighted by molar-refractivity contribution is 5.75. The maximum atomic E-state index is 12.6. The summed E-state index contributed by atoms with van der Waals surface area (Å²) in [6.45, 7) is 1.27. The number of nitrogens with zero attached hydrogens (tertiary/aromatic N) is 4. The average molecular weight is 321 g/mol. The van der Waals surface area contributed by atoms with E-state index in [1.807, 2.05) is 64.0 Å². The van der Waals surface area contributed by atoms with Crippen molar-refractivity contribution in [1.29, 1.82) is 0 Å². The predicted molar refractivity (Wildman–Crippen MR) is 90.3 cm³/mol. The Morgan fingerprint density at radius 2 is 1.96 bits per heavy atom. The number of carbonyl (C=O) groups is 1. The van der Waals surface area contributed by atoms with Crippen molar-refractivity contribution < 1.29 is 4.79 Å². The van der Waals surface area contributed by atoms with E-state index >= 15 is 0 Å². The van der Waals surface area contributed by atoms with Gasteiger partial charge in [-0.05, 0) is 30.5 Å². The Morgan fingerprint density at radius 1 is 1.12 bits per heavy atom. The Labute approximate surface area is 140 Å². The summed E-state index contributed by atoms with van der Waals surface area (Å²) in [5, 5.41) is 11.5. The Hall–Kier alpha value is -2.89. The monoisotopic (exact) mass is 321 g/mol. The molecule has 3 aromatic rings. The zero-order valence-corrected chi connectivity index (χ0v) is 13.3. The number of aromatic nitrogens is 3. The van der Waals surface area contributed by atoms with Crippen molar-refractivity contribution in [3.05, 3.63) is 66.1 Å². The van der Waals surface area contributed by atoms with Gasteiger partial charge < -0.3 is 10.2 Å². The molecule has 1 aliphatic rings. The van der Waals surface area contributed by atoms with Crippen molar-refractivity contribution in [2.75, 3.05) is 6.54 Å². The van der Waals surface area contributed by atoms with Gasteiger partial charge in [-0.15, -0.1) is 10.2 Å². The molecular weight excluding hydrogens is 302 g/mol. The molecule has 0 aliphatic carbocycles. The number of hydrogen-bond acceptors (Lipinski definition) is 3. The van der Waals surface area contributed by atoms with E-state index in [0.29, 0.717) is 6.54 Å². The van der Waals surface area contributed by atoms with Crippen LogP contribution in [-0.2, 0) is 6.54 Å². The van der Waals surface area contributed by atoms with Crippen LogP contribution in [0.2, 0.25) is 0 Å². The zero-order chi connectivity index (χ0) is 16.4. The van der Waals surface area contributed by atoms with Gasteiger partial charge in [0, 0.05) is 19.3 Å². The van der Waals surface area contributed by atoms with Gasteiger partial charge in [0.1, 0.15) is 0 Å². The zero-order valence-electron chi connectivity index (χ0n) is 13.3. The molecule has 1 N–H and O–H groups in total. The van der Waals surface area contributed by atoms with Crippen molar-refractivity contribution in [2.24, 2.45) is 0 Å². The first-order valence-electron chi connectivity index (χ1n) is 8.21. The minimum absolute atomic E-state index is 0.0295. The van der Waals surface area contributed by atoms with Crippen molar-refractivity contribution in [3.8, 4) is 0 Å². The lowest BCUT2D eigenvalue weighted by Gasteiger charge is -2.23. The first-order chi connectivity index (χ1) is 11.8. The van der Waals surface area contributed by atoms with Crippen LogP contribution in [-0.4, -0.2) is 32.1 Å². The standard InChI is InChI=1S/C18H19N5O/c24-18(19-13-14-7-2-1-3-8-14)22-12-6-9-15(22)17-21-20-16-10-4-5-11-23(16)17/h1-5,7-8,10-11,15H,6,9,12-13H2,(H,19,24)/t15-/m1/s1. The van der Waals surface area contributed by atoms with Crippen LogP contribution < -0.4 is 5.32 Å². The predicted octanol–water partition coefficient (Wildman–Crippen LogP) is 2.78. The SMILES string of the molecule is O=C(NCc1ccccc1)N1CCC[C@@H]1c1nnc2ccccn12. The molecule has 0 unspecified atom stereocenters. The molecule has 0 saturated carbocycles. The number of rotatable bonds is 3. The third-order valence-electron chi connectivity index (χ3n) is 4.44. The molecule has 24 heavy (non-hydrogen) atoms. The molecule has 0 radical (unpaired) electrons. The molecule has 1 atom stereocenters. The van der Waals surface area contributed by atoms with Gasteiger partial charge in [-0.3, -0.25) is 4.40 Å². The lowest BCUT2D eigenvalue weighted by Crippen LogP contribution is -2.39. The molecule has 6 nitrogen and oxygen atoms in total. The lowest BCUT2D eigenvalue weighted by molar-refractivity contribution is 0.190. The highest BCUT2D eigenvalue weighted by Crippen LogP contribution is 2.30. The molecule has 1 aromatic carbocycles. The van der Waals surface area contributed by atoms with E-state index in [4.69, 9.17) is 0 Å². The molecule has 3 heterocycles. The van der Waals surface area contributed by atoms with E-state index in [1.165, 1.54) is 0 Å². The van der Waals surface area contributed by atoms with Gasteiger partial charge in [-0.2, -0.15) is 0 Å². The van der Waals surface area contributed by atoms with E-state index in [9.17, 15) is 4.79 Å². The summed E-state index contributed by atoms with van der Waals surface area (Å²) < 4.78 is 1.97. The third kappa shape index (κ3) is 2.71. The highest BCUT2D eigenvalue weighted by atomic mass is 16.2. The summed E-state index contributed by atoms with van der Waals surface area (Å²) in [6, 6.07) is 15.7. The smallest absolute Gasteiger partial charge is 0.318 e. The summed E-state index contributed by atoms with van der Waals surface area (Å²) in [5.74, 6) is 0.831. The Balaban J connectivity index is 1.51. The molecule has 0 spiro atoms. The Bertz CT molecular complexity index is 845. The van der Waals surface area contributed by atoms with Gasteiger partial charge in [-0.1, -0.05) is 36.4 Å². The van der Waals surface area contributed by atoms with Crippen molar-refractivity contribution in [2.45, 2.75) is 25.4 Å². The molecule has 6 heteroatoms. The number of nitrogens with one attached hydrogen (secondary N) is 1. The molecule has 1 saturated heterocycles. The quantitative estimate of drug-likeness (QED) is 0.807. The molecular formula is C18H19N5O. The van der Waals surface area contributed by atoms with E-state index in [0.717, 1.165) is 36.4 Å². The van der Waals surface area contributed by atoms with E-state index < -0.39 is 0 Å². The normalized spacial score (nSPS) is 17.3. The molecule has 0 bridgehead atoms. The maximum Gasteiger partial charge on any atom is 0.318 e. The fourth-order valence-electron chi connectivity index (χ4n) is 3.24. The Kier molecular flexibility index (Phi) is 3.86. The van der Waals surface area contributed by atoms with Gasteiger partial charge in [-0.25, -0.2) is 4.79 Å². The average Bonchev–Trinajstić information content (AvgIpc) is 3.27. The fourth-order valence-corrected chi connectivity index (χ4v) is 3.24. The van der Waals surface area contributed by atoms with Crippen LogP contribution in [0, 0.1) is 0 Å². The van der Waals surface area contributed by atoms with Crippen LogP contribution in [0.1, 0.15) is 30.3 Å². The number of carbonyl (C=O) groups excluding carboxylic acids is 1. The number of amides is 2. The first kappa shape index (κ1) is 14.7. The second-order valence-electron chi connectivity index (χ2n) is 5.98. The van der Waals surface area contributed by atoms with Gasteiger partial charge in [0.15, 0.2) is 11.5 Å². The molecule has 4 rings (SSSR count). The summed E-state index contributed by atoms with van der Waals surface area (Å²) in [6.07, 6.45) is 3.84. The van der Waals surface area contributed by atoms with Crippen molar-refractivity contribution >= 4 is 11.7 Å². The van der Waals surface area contributed by atoms with Gasteiger partial charge in [0.25, 0.3) is 0 Å². The van der Waals surface area contributed by atoms with Gasteiger partial charge in [0.2, 0.25) is 0 Å². The maximum absolute atomic E-state index is 12.6. The van der Waals surface area contributed by atoms with E-state index in [1.54, 1.807) is 0 Å². The molecule has 1 fully saturated rings. The van der Waals surface area contributed by atoms with Crippen molar-refractivity contribution in [3.63, 3.8) is 0 Å². The minimum atomic E-state index is -0.0472. The first-order valence-corrected chi connectivity index (χ1v) is 8.21. The lowest BCUT2D eigenvalue weighted by atomic mass is 10.2. The minimum Gasteiger partial charge on any atom is -0.334 e. The van der Waals surface area contributed by atoms with E-state index in [2.05, 4.69) is 15.5 Å². The topological polar surface area (TPSA) is 62.5 Å². The number of likely N-dealkylation sites (tertiary alicyclic amines) is 1. The van der Waals surface area contributed by atoms with Crippen LogP contribution in [0.25, 0.3) is 5.65 Å². The second-order valence-corrected chi connectivity index (χ2v) is 5.98. The van der Waals surface area contributed by atoms with Crippen molar-refractivity contribution in [1.82, 2.24) is 24.8 Å². The van der Waals surface area contributed by atoms with Crippen LogP contribution in [0.3, 0.4) is 0 Å². The van der Waals surface area contributed by atoms with Gasteiger partial charge in [0.05, 0.1) is 6.04 Å². The number of pyridine rings is 1. The molecule has 2 aromatic heterocycles. The van der Waals surface area contributed by atoms with Crippen LogP contribution in [0.5, 0.6) is 0 Å². The third-order valence-corrected chi connectivity index (χ3v) is 4.44. The number of urea groups is 1. The molecule has 2 amide bonds.